The molecule has 1 amide bonds. The Kier molecular flexibility index (Phi) is 8.99. The zero-order valence-corrected chi connectivity index (χ0v) is 18.9. The Morgan fingerprint density at radius 1 is 1.21 bits per heavy atom. The van der Waals surface area contributed by atoms with E-state index in [0.717, 1.165) is 80.6 Å². The Bertz CT molecular complexity index is 685. The summed E-state index contributed by atoms with van der Waals surface area (Å²) in [6.45, 7) is 2.70. The van der Waals surface area contributed by atoms with E-state index in [0.29, 0.717) is 11.9 Å². The van der Waals surface area contributed by atoms with E-state index in [9.17, 15) is 4.79 Å². The molecule has 2 aliphatic rings. The van der Waals surface area contributed by atoms with Crippen LogP contribution in [0, 0.1) is 5.92 Å². The van der Waals surface area contributed by atoms with Gasteiger partial charge in [-0.2, -0.15) is 11.8 Å². The van der Waals surface area contributed by atoms with Gasteiger partial charge in [0.05, 0.1) is 0 Å². The predicted octanol–water partition coefficient (Wildman–Crippen LogP) is 3.57. The zero-order chi connectivity index (χ0) is 20.5. The minimum absolute atomic E-state index is 0.210. The monoisotopic (exact) mass is 436 g/mol. The molecule has 7 heteroatoms. The average molecular weight is 437 g/mol. The van der Waals surface area contributed by atoms with Crippen LogP contribution in [0.1, 0.15) is 37.7 Å². The van der Waals surface area contributed by atoms with E-state index in [1.54, 1.807) is 0 Å². The van der Waals surface area contributed by atoms with Gasteiger partial charge in [-0.3, -0.25) is 9.79 Å². The van der Waals surface area contributed by atoms with Crippen LogP contribution in [-0.2, 0) is 11.2 Å². The van der Waals surface area contributed by atoms with Crippen LogP contribution in [0.2, 0.25) is 5.02 Å². The summed E-state index contributed by atoms with van der Waals surface area (Å²) in [5.41, 5.74) is 1.19. The summed E-state index contributed by atoms with van der Waals surface area (Å²) >= 11 is 8.17. The van der Waals surface area contributed by atoms with E-state index < -0.39 is 0 Å². The molecular weight excluding hydrogens is 404 g/mol. The van der Waals surface area contributed by atoms with Crippen molar-refractivity contribution in [1.82, 2.24) is 15.5 Å². The number of amides is 1. The average Bonchev–Trinajstić information content (AvgIpc) is 2.77. The number of carbonyl (C=O) groups excluding carboxylic acids is 1. The molecule has 2 N–H and O–H groups in total. The van der Waals surface area contributed by atoms with E-state index in [1.165, 1.54) is 5.56 Å². The van der Waals surface area contributed by atoms with Gasteiger partial charge in [0.15, 0.2) is 5.96 Å². The van der Waals surface area contributed by atoms with Gasteiger partial charge in [0.25, 0.3) is 0 Å². The first-order valence-corrected chi connectivity index (χ1v) is 12.3. The molecule has 1 saturated heterocycles. The van der Waals surface area contributed by atoms with E-state index in [2.05, 4.69) is 26.6 Å². The van der Waals surface area contributed by atoms with Gasteiger partial charge in [-0.15, -0.1) is 0 Å². The number of halogens is 1. The number of aliphatic imine (C=N–C) groups is 1. The topological polar surface area (TPSA) is 56.7 Å². The molecule has 0 unspecified atom stereocenters. The number of thioether (sulfide) groups is 1. The lowest BCUT2D eigenvalue weighted by Gasteiger charge is -2.34. The van der Waals surface area contributed by atoms with Crippen molar-refractivity contribution in [2.75, 3.05) is 38.2 Å². The van der Waals surface area contributed by atoms with Gasteiger partial charge in [-0.1, -0.05) is 29.8 Å². The summed E-state index contributed by atoms with van der Waals surface area (Å²) in [5.74, 6) is 3.61. The van der Waals surface area contributed by atoms with Crippen molar-refractivity contribution >= 4 is 35.2 Å². The Hall–Kier alpha value is -1.40. The van der Waals surface area contributed by atoms with Gasteiger partial charge < -0.3 is 15.5 Å². The molecule has 2 fully saturated rings. The van der Waals surface area contributed by atoms with Crippen LogP contribution in [0.15, 0.2) is 29.3 Å². The van der Waals surface area contributed by atoms with Gasteiger partial charge in [0, 0.05) is 55.2 Å². The lowest BCUT2D eigenvalue weighted by atomic mass is 9.85. The summed E-state index contributed by atoms with van der Waals surface area (Å²) in [6, 6.07) is 8.41. The van der Waals surface area contributed by atoms with Crippen molar-refractivity contribution in [3.05, 3.63) is 34.9 Å². The molecule has 29 heavy (non-hydrogen) atoms. The van der Waals surface area contributed by atoms with Crippen molar-refractivity contribution in [3.8, 4) is 0 Å². The zero-order valence-electron chi connectivity index (χ0n) is 17.3. The lowest BCUT2D eigenvalue weighted by molar-refractivity contribution is -0.136. The van der Waals surface area contributed by atoms with E-state index in [-0.39, 0.29) is 5.92 Å². The van der Waals surface area contributed by atoms with Crippen LogP contribution in [0.5, 0.6) is 0 Å². The number of carbonyl (C=O) groups is 1. The number of guanidine groups is 1. The molecule has 1 heterocycles. The predicted molar refractivity (Wildman–Crippen MR) is 124 cm³/mol. The fraction of sp³-hybridized carbons (Fsp3) is 0.636. The molecule has 0 aromatic heterocycles. The molecule has 1 aliphatic heterocycles. The number of rotatable bonds is 6. The Morgan fingerprint density at radius 2 is 1.93 bits per heavy atom. The maximum Gasteiger partial charge on any atom is 0.225 e. The normalized spacial score (nSPS) is 23.0. The number of hydrogen-bond acceptors (Lipinski definition) is 3. The standard InChI is InChI=1S/C22H33ClN4OS/c1-24-22(25-12-4-6-17-5-2-3-7-20(17)23)26-19-10-8-18(9-11-19)21(28)27-13-15-29-16-14-27/h2-3,5,7,18-19H,4,6,8-16H2,1H3,(H2,24,25,26). The molecule has 1 saturated carbocycles. The molecule has 0 spiro atoms. The Balaban J connectivity index is 1.35. The highest BCUT2D eigenvalue weighted by Crippen LogP contribution is 2.27. The second-order valence-electron chi connectivity index (χ2n) is 7.82. The first-order valence-electron chi connectivity index (χ1n) is 10.7. The van der Waals surface area contributed by atoms with E-state index in [1.807, 2.05) is 37.0 Å². The third-order valence-corrected chi connectivity index (χ3v) is 7.15. The van der Waals surface area contributed by atoms with Crippen LogP contribution in [0.4, 0.5) is 0 Å². The highest BCUT2D eigenvalue weighted by molar-refractivity contribution is 7.99. The van der Waals surface area contributed by atoms with E-state index >= 15 is 0 Å². The first kappa shape index (κ1) is 22.3. The molecule has 0 atom stereocenters. The van der Waals surface area contributed by atoms with E-state index in [4.69, 9.17) is 11.6 Å². The third-order valence-electron chi connectivity index (χ3n) is 5.84. The summed E-state index contributed by atoms with van der Waals surface area (Å²) in [6.07, 6.45) is 5.96. The molecule has 1 aliphatic carbocycles. The smallest absolute Gasteiger partial charge is 0.225 e. The fourth-order valence-electron chi connectivity index (χ4n) is 4.10. The molecular formula is C22H33ClN4OS. The second kappa shape index (κ2) is 11.7. The maximum absolute atomic E-state index is 12.7. The lowest BCUT2D eigenvalue weighted by Crippen LogP contribution is -2.47. The summed E-state index contributed by atoms with van der Waals surface area (Å²) in [5, 5.41) is 7.79. The molecule has 1 aromatic rings. The number of nitrogens with one attached hydrogen (secondary N) is 2. The summed E-state index contributed by atoms with van der Waals surface area (Å²) < 4.78 is 0. The SMILES string of the molecule is CN=C(NCCCc1ccccc1Cl)NC1CCC(C(=O)N2CCSCC2)CC1. The highest BCUT2D eigenvalue weighted by Gasteiger charge is 2.30. The number of nitrogens with zero attached hydrogens (tertiary/aromatic N) is 2. The van der Waals surface area contributed by atoms with Crippen LogP contribution in [-0.4, -0.2) is 61.0 Å². The number of aryl methyl sites for hydroxylation is 1. The second-order valence-corrected chi connectivity index (χ2v) is 9.46. The van der Waals surface area contributed by atoms with Crippen LogP contribution < -0.4 is 10.6 Å². The molecule has 5 nitrogen and oxygen atoms in total. The molecule has 3 rings (SSSR count). The molecule has 160 valence electrons. The Labute approximate surface area is 184 Å². The van der Waals surface area contributed by atoms with Crippen LogP contribution in [0.25, 0.3) is 0 Å². The number of hydrogen-bond donors (Lipinski definition) is 2. The first-order chi connectivity index (χ1) is 14.2. The summed E-state index contributed by atoms with van der Waals surface area (Å²) in [7, 11) is 1.81. The van der Waals surface area contributed by atoms with Crippen LogP contribution >= 0.6 is 23.4 Å². The quantitative estimate of drug-likeness (QED) is 0.406. The number of benzene rings is 1. The van der Waals surface area contributed by atoms with Crippen molar-refractivity contribution in [1.29, 1.82) is 0 Å². The minimum atomic E-state index is 0.210. The molecule has 0 radical (unpaired) electrons. The maximum atomic E-state index is 12.7. The highest BCUT2D eigenvalue weighted by atomic mass is 35.5. The van der Waals surface area contributed by atoms with Crippen molar-refractivity contribution in [3.63, 3.8) is 0 Å². The Morgan fingerprint density at radius 3 is 2.62 bits per heavy atom. The molecule has 0 bridgehead atoms. The van der Waals surface area contributed by atoms with Gasteiger partial charge >= 0.3 is 0 Å². The minimum Gasteiger partial charge on any atom is -0.356 e. The largest absolute Gasteiger partial charge is 0.356 e. The van der Waals surface area contributed by atoms with Crippen molar-refractivity contribution in [2.24, 2.45) is 10.9 Å². The van der Waals surface area contributed by atoms with Gasteiger partial charge in [0.2, 0.25) is 5.91 Å². The summed E-state index contributed by atoms with van der Waals surface area (Å²) in [4.78, 5) is 19.1. The van der Waals surface area contributed by atoms with Crippen molar-refractivity contribution in [2.45, 2.75) is 44.6 Å². The van der Waals surface area contributed by atoms with Gasteiger partial charge in [-0.25, -0.2) is 0 Å². The molecule has 1 aromatic carbocycles. The van der Waals surface area contributed by atoms with Gasteiger partial charge in [-0.05, 0) is 50.2 Å². The van der Waals surface area contributed by atoms with Crippen molar-refractivity contribution < 1.29 is 4.79 Å². The van der Waals surface area contributed by atoms with Crippen LogP contribution in [0.3, 0.4) is 0 Å². The van der Waals surface area contributed by atoms with Gasteiger partial charge in [0.1, 0.15) is 0 Å². The third kappa shape index (κ3) is 6.82. The fourth-order valence-corrected chi connectivity index (χ4v) is 5.23.